The van der Waals surface area contributed by atoms with Crippen molar-refractivity contribution in [1.29, 1.82) is 0 Å². The predicted molar refractivity (Wildman–Crippen MR) is 115 cm³/mol. The minimum Gasteiger partial charge on any atom is -0.322 e. The number of anilines is 1. The molecule has 1 atom stereocenters. The molecule has 4 heteroatoms. The van der Waals surface area contributed by atoms with Gasteiger partial charge >= 0.3 is 0 Å². The lowest BCUT2D eigenvalue weighted by molar-refractivity contribution is 0.102. The van der Waals surface area contributed by atoms with Crippen LogP contribution in [-0.2, 0) is 6.54 Å². The molecule has 0 saturated heterocycles. The Hall–Kier alpha value is -2.20. The second-order valence-electron chi connectivity index (χ2n) is 7.93. The number of nitrogens with zero attached hydrogens (tertiary/aromatic N) is 1. The molecule has 4 nitrogen and oxygen atoms in total. The van der Waals surface area contributed by atoms with Gasteiger partial charge in [-0.3, -0.25) is 9.78 Å². The molecule has 0 unspecified atom stereocenters. The van der Waals surface area contributed by atoms with Crippen molar-refractivity contribution in [2.24, 2.45) is 5.92 Å². The minimum absolute atomic E-state index is 0.119. The fourth-order valence-corrected chi connectivity index (χ4v) is 4.14. The Balaban J connectivity index is 1.58. The Morgan fingerprint density at radius 3 is 2.61 bits per heavy atom. The lowest BCUT2D eigenvalue weighted by Crippen LogP contribution is -2.30. The molecule has 2 N–H and O–H groups in total. The van der Waals surface area contributed by atoms with Crippen molar-refractivity contribution in [3.05, 3.63) is 59.9 Å². The maximum atomic E-state index is 12.5. The van der Waals surface area contributed by atoms with Crippen molar-refractivity contribution in [1.82, 2.24) is 10.3 Å². The zero-order valence-electron chi connectivity index (χ0n) is 17.0. The van der Waals surface area contributed by atoms with Crippen LogP contribution >= 0.6 is 0 Å². The molecule has 1 aromatic heterocycles. The number of amides is 1. The van der Waals surface area contributed by atoms with Gasteiger partial charge in [-0.2, -0.15) is 0 Å². The summed E-state index contributed by atoms with van der Waals surface area (Å²) < 4.78 is 0. The van der Waals surface area contributed by atoms with Crippen molar-refractivity contribution in [3.8, 4) is 0 Å². The predicted octanol–water partition coefficient (Wildman–Crippen LogP) is 5.56. The zero-order valence-corrected chi connectivity index (χ0v) is 17.0. The number of aromatic nitrogens is 1. The van der Waals surface area contributed by atoms with Crippen LogP contribution in [0.15, 0.2) is 48.8 Å². The fourth-order valence-electron chi connectivity index (χ4n) is 4.14. The number of carbonyl (C=O) groups is 1. The van der Waals surface area contributed by atoms with Crippen molar-refractivity contribution in [2.75, 3.05) is 5.32 Å². The first-order valence-corrected chi connectivity index (χ1v) is 10.8. The van der Waals surface area contributed by atoms with Gasteiger partial charge in [0.15, 0.2) is 0 Å². The lowest BCUT2D eigenvalue weighted by Gasteiger charge is -2.23. The third kappa shape index (κ3) is 6.16. The number of pyridine rings is 1. The van der Waals surface area contributed by atoms with Crippen LogP contribution in [0.4, 0.5) is 5.69 Å². The average molecular weight is 380 g/mol. The van der Waals surface area contributed by atoms with Crippen molar-refractivity contribution in [2.45, 2.75) is 70.9 Å². The van der Waals surface area contributed by atoms with Crippen LogP contribution < -0.4 is 10.6 Å². The van der Waals surface area contributed by atoms with Crippen molar-refractivity contribution in [3.63, 3.8) is 0 Å². The summed E-state index contributed by atoms with van der Waals surface area (Å²) in [6.07, 6.45) is 14.0. The van der Waals surface area contributed by atoms with Crippen LogP contribution in [0.3, 0.4) is 0 Å². The van der Waals surface area contributed by atoms with E-state index in [9.17, 15) is 4.79 Å². The van der Waals surface area contributed by atoms with Crippen LogP contribution in [0.2, 0.25) is 0 Å². The average Bonchev–Trinajstić information content (AvgIpc) is 3.01. The van der Waals surface area contributed by atoms with E-state index in [2.05, 4.69) is 28.6 Å². The maximum Gasteiger partial charge on any atom is 0.257 e. The molecule has 1 amide bonds. The summed E-state index contributed by atoms with van der Waals surface area (Å²) >= 11 is 0. The smallest absolute Gasteiger partial charge is 0.257 e. The van der Waals surface area contributed by atoms with E-state index in [4.69, 9.17) is 0 Å². The summed E-state index contributed by atoms with van der Waals surface area (Å²) in [5.41, 5.74) is 2.57. The highest BCUT2D eigenvalue weighted by atomic mass is 16.1. The number of hydrogen-bond donors (Lipinski definition) is 2. The van der Waals surface area contributed by atoms with Crippen LogP contribution in [0.5, 0.6) is 0 Å². The summed E-state index contributed by atoms with van der Waals surface area (Å²) in [7, 11) is 0. The monoisotopic (exact) mass is 379 g/mol. The first-order valence-electron chi connectivity index (χ1n) is 10.8. The minimum atomic E-state index is -0.119. The fraction of sp³-hybridized carbons (Fsp3) is 0.500. The number of para-hydroxylation sites is 1. The van der Waals surface area contributed by atoms with E-state index in [1.165, 1.54) is 44.9 Å². The molecule has 0 radical (unpaired) electrons. The Morgan fingerprint density at radius 2 is 1.89 bits per heavy atom. The third-order valence-corrected chi connectivity index (χ3v) is 5.86. The summed E-state index contributed by atoms with van der Waals surface area (Å²) in [4.78, 5) is 16.5. The molecule has 1 aliphatic carbocycles. The van der Waals surface area contributed by atoms with Crippen LogP contribution in [0.25, 0.3) is 0 Å². The largest absolute Gasteiger partial charge is 0.322 e. The van der Waals surface area contributed by atoms with Gasteiger partial charge in [-0.1, -0.05) is 63.6 Å². The van der Waals surface area contributed by atoms with Gasteiger partial charge in [0.25, 0.3) is 5.91 Å². The van der Waals surface area contributed by atoms with Crippen LogP contribution in [0, 0.1) is 5.92 Å². The van der Waals surface area contributed by atoms with E-state index in [-0.39, 0.29) is 5.91 Å². The standard InChI is InChI=1S/C24H33N3O/c1-2-22(16-19-10-5-3-4-6-11-19)26-18-20-12-7-8-14-23(20)27-24(28)21-13-9-15-25-17-21/h7-9,12-15,17,19,22,26H,2-6,10-11,16,18H2,1H3,(H,27,28)/t22-/m0/s1. The molecule has 1 aliphatic rings. The molecule has 28 heavy (non-hydrogen) atoms. The maximum absolute atomic E-state index is 12.5. The molecule has 1 aromatic carbocycles. The first kappa shape index (κ1) is 20.5. The Bertz CT molecular complexity index is 724. The van der Waals surface area contributed by atoms with E-state index >= 15 is 0 Å². The lowest BCUT2D eigenvalue weighted by atomic mass is 9.91. The van der Waals surface area contributed by atoms with E-state index in [0.29, 0.717) is 11.6 Å². The number of carbonyl (C=O) groups excluding carboxylic acids is 1. The Morgan fingerprint density at radius 1 is 1.11 bits per heavy atom. The molecular formula is C24H33N3O. The van der Waals surface area contributed by atoms with Gasteiger partial charge in [-0.15, -0.1) is 0 Å². The molecule has 3 rings (SSSR count). The normalized spacial score (nSPS) is 16.3. The zero-order chi connectivity index (χ0) is 19.6. The van der Waals surface area contributed by atoms with Gasteiger partial charge in [0, 0.05) is 30.7 Å². The quantitative estimate of drug-likeness (QED) is 0.590. The number of hydrogen-bond acceptors (Lipinski definition) is 3. The highest BCUT2D eigenvalue weighted by Gasteiger charge is 2.17. The second-order valence-corrected chi connectivity index (χ2v) is 7.93. The highest BCUT2D eigenvalue weighted by Crippen LogP contribution is 2.27. The molecule has 150 valence electrons. The molecular weight excluding hydrogens is 346 g/mol. The van der Waals surface area contributed by atoms with Gasteiger partial charge in [-0.25, -0.2) is 0 Å². The summed E-state index contributed by atoms with van der Waals surface area (Å²) in [5, 5.41) is 6.78. The molecule has 0 bridgehead atoms. The molecule has 1 heterocycles. The van der Waals surface area contributed by atoms with Crippen LogP contribution in [-0.4, -0.2) is 16.9 Å². The van der Waals surface area contributed by atoms with Gasteiger partial charge in [0.1, 0.15) is 0 Å². The van der Waals surface area contributed by atoms with Crippen LogP contribution in [0.1, 0.15) is 74.2 Å². The van der Waals surface area contributed by atoms with Gasteiger partial charge in [0.2, 0.25) is 0 Å². The molecule has 2 aromatic rings. The van der Waals surface area contributed by atoms with E-state index < -0.39 is 0 Å². The second kappa shape index (κ2) is 11.0. The number of rotatable bonds is 8. The van der Waals surface area contributed by atoms with E-state index in [0.717, 1.165) is 30.1 Å². The first-order chi connectivity index (χ1) is 13.8. The highest BCUT2D eigenvalue weighted by molar-refractivity contribution is 6.04. The topological polar surface area (TPSA) is 54.0 Å². The Labute approximate surface area is 169 Å². The van der Waals surface area contributed by atoms with Gasteiger partial charge in [-0.05, 0) is 42.5 Å². The summed E-state index contributed by atoms with van der Waals surface area (Å²) in [5.74, 6) is 0.742. The van der Waals surface area contributed by atoms with E-state index in [1.807, 2.05) is 18.2 Å². The van der Waals surface area contributed by atoms with Gasteiger partial charge < -0.3 is 10.6 Å². The SMILES string of the molecule is CC[C@@H](CC1CCCCCC1)NCc1ccccc1NC(=O)c1cccnc1. The van der Waals surface area contributed by atoms with Crippen molar-refractivity contribution < 1.29 is 4.79 Å². The van der Waals surface area contributed by atoms with Crippen molar-refractivity contribution >= 4 is 11.6 Å². The molecule has 1 fully saturated rings. The summed E-state index contributed by atoms with van der Waals surface area (Å²) in [6, 6.07) is 12.1. The summed E-state index contributed by atoms with van der Waals surface area (Å²) in [6.45, 7) is 3.04. The number of benzene rings is 1. The molecule has 0 spiro atoms. The molecule has 1 saturated carbocycles. The third-order valence-electron chi connectivity index (χ3n) is 5.86. The number of nitrogens with one attached hydrogen (secondary N) is 2. The molecule has 0 aliphatic heterocycles. The van der Waals surface area contributed by atoms with E-state index in [1.54, 1.807) is 24.5 Å². The van der Waals surface area contributed by atoms with Gasteiger partial charge in [0.05, 0.1) is 5.56 Å². The Kier molecular flexibility index (Phi) is 8.04.